The third kappa shape index (κ3) is 2.58. The summed E-state index contributed by atoms with van der Waals surface area (Å²) in [5.74, 6) is 4.53. The summed E-state index contributed by atoms with van der Waals surface area (Å²) in [7, 11) is 0. The third-order valence-corrected chi connectivity index (χ3v) is 5.21. The number of pyridine rings is 1. The molecule has 0 aromatic carbocycles. The Labute approximate surface area is 110 Å². The van der Waals surface area contributed by atoms with Gasteiger partial charge in [0.05, 0.1) is 0 Å². The molecule has 0 amide bonds. The van der Waals surface area contributed by atoms with Crippen LogP contribution in [0.25, 0.3) is 10.1 Å². The maximum Gasteiger partial charge on any atom is 0.134 e. The molecule has 17 heavy (non-hydrogen) atoms. The normalized spacial score (nSPS) is 17.4. The molecule has 1 aliphatic heterocycles. The topological polar surface area (TPSA) is 24.9 Å². The standard InChI is InChI=1S/C13H16N2S2/c1-5-14-13(11-4-8-17-12(1)11)15-9-10-2-6-16-7-3-10/h1,4-5,8,10H,2-3,6-7,9H2,(H,14,15). The van der Waals surface area contributed by atoms with Crippen molar-refractivity contribution in [2.45, 2.75) is 12.8 Å². The molecule has 90 valence electrons. The summed E-state index contributed by atoms with van der Waals surface area (Å²) in [5, 5.41) is 6.93. The summed E-state index contributed by atoms with van der Waals surface area (Å²) >= 11 is 3.86. The first-order valence-corrected chi connectivity index (χ1v) is 8.11. The lowest BCUT2D eigenvalue weighted by atomic mass is 10.0. The Balaban J connectivity index is 1.69. The zero-order chi connectivity index (χ0) is 11.5. The second-order valence-corrected chi connectivity index (χ2v) is 6.60. The average molecular weight is 264 g/mol. The van der Waals surface area contributed by atoms with Gasteiger partial charge in [-0.1, -0.05) is 0 Å². The van der Waals surface area contributed by atoms with Gasteiger partial charge >= 0.3 is 0 Å². The molecule has 0 unspecified atom stereocenters. The highest BCUT2D eigenvalue weighted by atomic mass is 32.2. The molecule has 0 aliphatic carbocycles. The van der Waals surface area contributed by atoms with Crippen LogP contribution in [0, 0.1) is 5.92 Å². The smallest absolute Gasteiger partial charge is 0.134 e. The minimum absolute atomic E-state index is 0.826. The van der Waals surface area contributed by atoms with Crippen LogP contribution >= 0.6 is 23.1 Å². The van der Waals surface area contributed by atoms with Crippen LogP contribution in [0.1, 0.15) is 12.8 Å². The molecule has 0 bridgehead atoms. The molecule has 0 radical (unpaired) electrons. The van der Waals surface area contributed by atoms with Gasteiger partial charge in [-0.15, -0.1) is 11.3 Å². The third-order valence-electron chi connectivity index (χ3n) is 3.28. The van der Waals surface area contributed by atoms with E-state index in [0.717, 1.165) is 18.3 Å². The molecule has 3 heterocycles. The highest BCUT2D eigenvalue weighted by molar-refractivity contribution is 7.99. The molecular formula is C13H16N2S2. The summed E-state index contributed by atoms with van der Waals surface area (Å²) in [5.41, 5.74) is 0. The zero-order valence-corrected chi connectivity index (χ0v) is 11.3. The van der Waals surface area contributed by atoms with Gasteiger partial charge in [-0.25, -0.2) is 4.98 Å². The molecule has 4 heteroatoms. The lowest BCUT2D eigenvalue weighted by Gasteiger charge is -2.21. The monoisotopic (exact) mass is 264 g/mol. The molecule has 1 aliphatic rings. The van der Waals surface area contributed by atoms with Crippen LogP contribution in [0.15, 0.2) is 23.7 Å². The fourth-order valence-corrected chi connectivity index (χ4v) is 4.21. The van der Waals surface area contributed by atoms with Crippen molar-refractivity contribution >= 4 is 39.0 Å². The number of nitrogens with one attached hydrogen (secondary N) is 1. The number of nitrogens with zero attached hydrogens (tertiary/aromatic N) is 1. The van der Waals surface area contributed by atoms with Crippen LogP contribution in [-0.2, 0) is 0 Å². The predicted octanol–water partition coefficient (Wildman–Crippen LogP) is 3.85. The Morgan fingerprint density at radius 1 is 1.29 bits per heavy atom. The lowest BCUT2D eigenvalue weighted by molar-refractivity contribution is 0.516. The second kappa shape index (κ2) is 5.27. The van der Waals surface area contributed by atoms with Gasteiger partial charge in [0.2, 0.25) is 0 Å². The second-order valence-electron chi connectivity index (χ2n) is 4.43. The molecule has 3 rings (SSSR count). The predicted molar refractivity (Wildman–Crippen MR) is 78.2 cm³/mol. The van der Waals surface area contributed by atoms with Crippen molar-refractivity contribution < 1.29 is 0 Å². The Hall–Kier alpha value is -0.740. The average Bonchev–Trinajstić information content (AvgIpc) is 2.86. The van der Waals surface area contributed by atoms with E-state index in [-0.39, 0.29) is 0 Å². The first-order valence-electron chi connectivity index (χ1n) is 6.07. The van der Waals surface area contributed by atoms with Crippen molar-refractivity contribution in [1.29, 1.82) is 0 Å². The van der Waals surface area contributed by atoms with Crippen molar-refractivity contribution in [2.24, 2.45) is 5.92 Å². The molecule has 1 N–H and O–H groups in total. The molecular weight excluding hydrogens is 248 g/mol. The van der Waals surface area contributed by atoms with Crippen LogP contribution in [0.5, 0.6) is 0 Å². The highest BCUT2D eigenvalue weighted by Gasteiger charge is 2.14. The van der Waals surface area contributed by atoms with Gasteiger partial charge in [0.25, 0.3) is 0 Å². The molecule has 1 fully saturated rings. The van der Waals surface area contributed by atoms with Crippen LogP contribution < -0.4 is 5.32 Å². The molecule has 2 aromatic heterocycles. The van der Waals surface area contributed by atoms with E-state index in [9.17, 15) is 0 Å². The van der Waals surface area contributed by atoms with E-state index in [1.807, 2.05) is 6.20 Å². The van der Waals surface area contributed by atoms with Gasteiger partial charge in [0, 0.05) is 22.8 Å². The fraction of sp³-hybridized carbons (Fsp3) is 0.462. The van der Waals surface area contributed by atoms with E-state index in [1.165, 1.54) is 34.4 Å². The van der Waals surface area contributed by atoms with Crippen molar-refractivity contribution in [3.8, 4) is 0 Å². The first kappa shape index (κ1) is 11.4. The number of fused-ring (bicyclic) bond motifs is 1. The molecule has 0 spiro atoms. The zero-order valence-electron chi connectivity index (χ0n) is 9.69. The van der Waals surface area contributed by atoms with E-state index in [4.69, 9.17) is 0 Å². The van der Waals surface area contributed by atoms with Crippen LogP contribution in [0.4, 0.5) is 5.82 Å². The maximum absolute atomic E-state index is 4.45. The highest BCUT2D eigenvalue weighted by Crippen LogP contribution is 2.27. The Kier molecular flexibility index (Phi) is 3.52. The molecule has 2 nitrogen and oxygen atoms in total. The molecule has 0 saturated carbocycles. The van der Waals surface area contributed by atoms with Crippen molar-refractivity contribution in [2.75, 3.05) is 23.4 Å². The van der Waals surface area contributed by atoms with Crippen LogP contribution in [0.3, 0.4) is 0 Å². The summed E-state index contributed by atoms with van der Waals surface area (Å²) in [6, 6.07) is 4.24. The van der Waals surface area contributed by atoms with E-state index in [0.29, 0.717) is 0 Å². The van der Waals surface area contributed by atoms with Crippen LogP contribution in [0.2, 0.25) is 0 Å². The number of anilines is 1. The molecule has 1 saturated heterocycles. The summed E-state index contributed by atoms with van der Waals surface area (Å²) < 4.78 is 1.32. The number of thioether (sulfide) groups is 1. The summed E-state index contributed by atoms with van der Waals surface area (Å²) in [6.45, 7) is 1.07. The minimum Gasteiger partial charge on any atom is -0.369 e. The lowest BCUT2D eigenvalue weighted by Crippen LogP contribution is -2.19. The Morgan fingerprint density at radius 3 is 3.06 bits per heavy atom. The van der Waals surface area contributed by atoms with Crippen molar-refractivity contribution in [3.63, 3.8) is 0 Å². The van der Waals surface area contributed by atoms with E-state index < -0.39 is 0 Å². The quantitative estimate of drug-likeness (QED) is 0.911. The SMILES string of the molecule is c1cc2sccc2c(NCC2CCSCC2)n1. The molecule has 2 aromatic rings. The van der Waals surface area contributed by atoms with Gasteiger partial charge in [-0.2, -0.15) is 11.8 Å². The van der Waals surface area contributed by atoms with Crippen molar-refractivity contribution in [1.82, 2.24) is 4.98 Å². The maximum atomic E-state index is 4.45. The number of aromatic nitrogens is 1. The van der Waals surface area contributed by atoms with Crippen LogP contribution in [-0.4, -0.2) is 23.0 Å². The van der Waals surface area contributed by atoms with Crippen molar-refractivity contribution in [3.05, 3.63) is 23.7 Å². The first-order chi connectivity index (χ1) is 8.43. The number of hydrogen-bond acceptors (Lipinski definition) is 4. The Morgan fingerprint density at radius 2 is 2.18 bits per heavy atom. The fourth-order valence-electron chi connectivity index (χ4n) is 2.23. The van der Waals surface area contributed by atoms with Gasteiger partial charge in [0.1, 0.15) is 5.82 Å². The minimum atomic E-state index is 0.826. The van der Waals surface area contributed by atoms with E-state index >= 15 is 0 Å². The summed E-state index contributed by atoms with van der Waals surface area (Å²) in [4.78, 5) is 4.45. The van der Waals surface area contributed by atoms with Gasteiger partial charge in [-0.05, 0) is 47.8 Å². The number of hydrogen-bond donors (Lipinski definition) is 1. The van der Waals surface area contributed by atoms with E-state index in [2.05, 4.69) is 39.6 Å². The van der Waals surface area contributed by atoms with Gasteiger partial charge in [-0.3, -0.25) is 0 Å². The largest absolute Gasteiger partial charge is 0.369 e. The van der Waals surface area contributed by atoms with Gasteiger partial charge in [0.15, 0.2) is 0 Å². The van der Waals surface area contributed by atoms with Gasteiger partial charge < -0.3 is 5.32 Å². The Bertz CT molecular complexity index is 489. The number of rotatable bonds is 3. The number of thiophene rings is 1. The molecule has 0 atom stereocenters. The summed E-state index contributed by atoms with van der Waals surface area (Å²) in [6.07, 6.45) is 4.59. The van der Waals surface area contributed by atoms with E-state index in [1.54, 1.807) is 11.3 Å².